The second-order valence-corrected chi connectivity index (χ2v) is 7.07. The van der Waals surface area contributed by atoms with Crippen molar-refractivity contribution in [3.8, 4) is 0 Å². The summed E-state index contributed by atoms with van der Waals surface area (Å²) in [5, 5.41) is -0.312. The number of para-hydroxylation sites is 1. The Morgan fingerprint density at radius 1 is 1.21 bits per heavy atom. The molecule has 1 N–H and O–H groups in total. The van der Waals surface area contributed by atoms with Gasteiger partial charge in [-0.2, -0.15) is 0 Å². The molecule has 3 rings (SSSR count). The van der Waals surface area contributed by atoms with E-state index < -0.39 is 10.0 Å². The van der Waals surface area contributed by atoms with Crippen LogP contribution in [0.5, 0.6) is 0 Å². The highest BCUT2D eigenvalue weighted by Crippen LogP contribution is 2.24. The van der Waals surface area contributed by atoms with E-state index in [2.05, 4.69) is 9.62 Å². The molecular formula is C13H18N2O3S. The van der Waals surface area contributed by atoms with E-state index in [0.29, 0.717) is 24.8 Å². The number of hydrogen-bond donors (Lipinski definition) is 1. The van der Waals surface area contributed by atoms with Gasteiger partial charge < -0.3 is 4.74 Å². The molecule has 104 valence electrons. The van der Waals surface area contributed by atoms with Crippen LogP contribution in [0.15, 0.2) is 30.3 Å². The molecule has 2 aliphatic rings. The Morgan fingerprint density at radius 2 is 1.95 bits per heavy atom. The monoisotopic (exact) mass is 282 g/mol. The number of rotatable bonds is 4. The van der Waals surface area contributed by atoms with Crippen molar-refractivity contribution >= 4 is 15.7 Å². The van der Waals surface area contributed by atoms with Crippen LogP contribution in [0.25, 0.3) is 0 Å². The molecule has 6 heteroatoms. The van der Waals surface area contributed by atoms with Crippen molar-refractivity contribution in [1.29, 1.82) is 0 Å². The van der Waals surface area contributed by atoms with E-state index in [9.17, 15) is 8.42 Å². The van der Waals surface area contributed by atoms with Crippen molar-refractivity contribution < 1.29 is 13.2 Å². The molecular weight excluding hydrogens is 264 g/mol. The quantitative estimate of drug-likeness (QED) is 0.891. The second kappa shape index (κ2) is 5.11. The Morgan fingerprint density at radius 3 is 2.58 bits per heavy atom. The van der Waals surface area contributed by atoms with E-state index in [0.717, 1.165) is 19.6 Å². The van der Waals surface area contributed by atoms with Crippen molar-refractivity contribution in [2.75, 3.05) is 31.0 Å². The zero-order chi connectivity index (χ0) is 13.3. The molecule has 1 aromatic rings. The van der Waals surface area contributed by atoms with E-state index in [1.165, 1.54) is 0 Å². The number of ether oxygens (including phenoxy) is 1. The molecule has 2 aliphatic heterocycles. The average Bonchev–Trinajstić information content (AvgIpc) is 2.80. The molecule has 0 aliphatic carbocycles. The molecule has 0 spiro atoms. The van der Waals surface area contributed by atoms with E-state index >= 15 is 0 Å². The third-order valence-corrected chi connectivity index (χ3v) is 5.47. The van der Waals surface area contributed by atoms with Gasteiger partial charge in [-0.1, -0.05) is 18.2 Å². The van der Waals surface area contributed by atoms with Gasteiger partial charge in [-0.3, -0.25) is 9.62 Å². The Bertz CT molecular complexity index is 520. The Kier molecular flexibility index (Phi) is 3.47. The number of likely N-dealkylation sites (tertiary alicyclic amines) is 1. The van der Waals surface area contributed by atoms with Crippen molar-refractivity contribution in [1.82, 2.24) is 4.90 Å². The fourth-order valence-electron chi connectivity index (χ4n) is 2.53. The molecule has 1 atom stereocenters. The van der Waals surface area contributed by atoms with Crippen LogP contribution in [-0.4, -0.2) is 50.9 Å². The zero-order valence-electron chi connectivity index (χ0n) is 10.7. The molecule has 0 amide bonds. The molecule has 0 aromatic heterocycles. The summed E-state index contributed by atoms with van der Waals surface area (Å²) in [6.07, 6.45) is 1.01. The standard InChI is InChI=1S/C13H18N2O3S/c16-19(17,14-11-4-2-1-3-5-11)13-8-15(9-13)12-6-7-18-10-12/h1-5,12-14H,6-10H2/t12-/m0/s1. The molecule has 5 nitrogen and oxygen atoms in total. The molecule has 2 fully saturated rings. The van der Waals surface area contributed by atoms with Crippen molar-refractivity contribution in [2.24, 2.45) is 0 Å². The fourth-order valence-corrected chi connectivity index (χ4v) is 3.93. The van der Waals surface area contributed by atoms with Crippen LogP contribution in [0.3, 0.4) is 0 Å². The van der Waals surface area contributed by atoms with Crippen LogP contribution < -0.4 is 4.72 Å². The Balaban J connectivity index is 1.58. The van der Waals surface area contributed by atoms with E-state index in [-0.39, 0.29) is 5.25 Å². The summed E-state index contributed by atoms with van der Waals surface area (Å²) >= 11 is 0. The predicted octanol–water partition coefficient (Wildman–Crippen LogP) is 0.901. The SMILES string of the molecule is O=S(=O)(Nc1ccccc1)C1CN([C@H]2CCOC2)C1. The van der Waals surface area contributed by atoms with Gasteiger partial charge in [0.25, 0.3) is 0 Å². The lowest BCUT2D eigenvalue weighted by Crippen LogP contribution is -2.59. The van der Waals surface area contributed by atoms with Gasteiger partial charge in [0.05, 0.1) is 6.61 Å². The van der Waals surface area contributed by atoms with Gasteiger partial charge in [0.1, 0.15) is 5.25 Å². The molecule has 19 heavy (non-hydrogen) atoms. The zero-order valence-corrected chi connectivity index (χ0v) is 11.5. The topological polar surface area (TPSA) is 58.6 Å². The van der Waals surface area contributed by atoms with Gasteiger partial charge in [-0.15, -0.1) is 0 Å². The summed E-state index contributed by atoms with van der Waals surface area (Å²) in [7, 11) is -3.27. The predicted molar refractivity (Wildman–Crippen MR) is 73.6 cm³/mol. The lowest BCUT2D eigenvalue weighted by atomic mass is 10.1. The van der Waals surface area contributed by atoms with Crippen LogP contribution in [0, 0.1) is 0 Å². The number of sulfonamides is 1. The van der Waals surface area contributed by atoms with Gasteiger partial charge >= 0.3 is 0 Å². The first-order valence-electron chi connectivity index (χ1n) is 6.53. The molecule has 1 aromatic carbocycles. The highest BCUT2D eigenvalue weighted by atomic mass is 32.2. The minimum absolute atomic E-state index is 0.312. The van der Waals surface area contributed by atoms with Gasteiger partial charge in [-0.25, -0.2) is 8.42 Å². The number of nitrogens with one attached hydrogen (secondary N) is 1. The molecule has 0 unspecified atom stereocenters. The second-order valence-electron chi connectivity index (χ2n) is 5.11. The maximum Gasteiger partial charge on any atom is 0.238 e. The van der Waals surface area contributed by atoms with E-state index in [4.69, 9.17) is 4.74 Å². The molecule has 2 heterocycles. The number of benzene rings is 1. The third-order valence-electron chi connectivity index (χ3n) is 3.77. The molecule has 2 saturated heterocycles. The number of anilines is 1. The Hall–Kier alpha value is -1.11. The first-order valence-corrected chi connectivity index (χ1v) is 8.08. The van der Waals surface area contributed by atoms with Crippen molar-refractivity contribution in [3.63, 3.8) is 0 Å². The van der Waals surface area contributed by atoms with Crippen molar-refractivity contribution in [3.05, 3.63) is 30.3 Å². The first-order chi connectivity index (χ1) is 9.15. The van der Waals surface area contributed by atoms with Crippen molar-refractivity contribution in [2.45, 2.75) is 17.7 Å². The smallest absolute Gasteiger partial charge is 0.238 e. The van der Waals surface area contributed by atoms with E-state index in [1.807, 2.05) is 18.2 Å². The van der Waals surface area contributed by atoms with Crippen LogP contribution >= 0.6 is 0 Å². The minimum atomic E-state index is -3.27. The van der Waals surface area contributed by atoms with Crippen LogP contribution in [0.1, 0.15) is 6.42 Å². The maximum atomic E-state index is 12.2. The fraction of sp³-hybridized carbons (Fsp3) is 0.538. The Labute approximate surface area is 113 Å². The molecule has 0 radical (unpaired) electrons. The van der Waals surface area contributed by atoms with Gasteiger partial charge in [0, 0.05) is 31.4 Å². The summed E-state index contributed by atoms with van der Waals surface area (Å²) < 4.78 is 32.3. The lowest BCUT2D eigenvalue weighted by molar-refractivity contribution is 0.100. The summed E-state index contributed by atoms with van der Waals surface area (Å²) in [5.41, 5.74) is 0.630. The third kappa shape index (κ3) is 2.75. The summed E-state index contributed by atoms with van der Waals surface area (Å²) in [6, 6.07) is 9.44. The normalized spacial score (nSPS) is 25.2. The van der Waals surface area contributed by atoms with Gasteiger partial charge in [0.2, 0.25) is 10.0 Å². The summed E-state index contributed by atoms with van der Waals surface area (Å²) in [5.74, 6) is 0. The summed E-state index contributed by atoms with van der Waals surface area (Å²) in [6.45, 7) is 2.74. The van der Waals surface area contributed by atoms with Gasteiger partial charge in [0.15, 0.2) is 0 Å². The van der Waals surface area contributed by atoms with Crippen LogP contribution in [0.2, 0.25) is 0 Å². The van der Waals surface area contributed by atoms with Crippen LogP contribution in [0.4, 0.5) is 5.69 Å². The molecule has 0 saturated carbocycles. The largest absolute Gasteiger partial charge is 0.380 e. The van der Waals surface area contributed by atoms with Crippen LogP contribution in [-0.2, 0) is 14.8 Å². The van der Waals surface area contributed by atoms with E-state index in [1.54, 1.807) is 12.1 Å². The number of nitrogens with zero attached hydrogens (tertiary/aromatic N) is 1. The highest BCUT2D eigenvalue weighted by molar-refractivity contribution is 7.93. The van der Waals surface area contributed by atoms with Gasteiger partial charge in [-0.05, 0) is 18.6 Å². The highest BCUT2D eigenvalue weighted by Gasteiger charge is 2.41. The first kappa shape index (κ1) is 12.9. The number of hydrogen-bond acceptors (Lipinski definition) is 4. The lowest BCUT2D eigenvalue weighted by Gasteiger charge is -2.41. The summed E-state index contributed by atoms with van der Waals surface area (Å²) in [4.78, 5) is 2.20. The maximum absolute atomic E-state index is 12.2. The minimum Gasteiger partial charge on any atom is -0.380 e. The average molecular weight is 282 g/mol. The molecule has 0 bridgehead atoms.